The van der Waals surface area contributed by atoms with Crippen molar-refractivity contribution in [3.05, 3.63) is 65.4 Å². The number of benzene rings is 2. The predicted octanol–water partition coefficient (Wildman–Crippen LogP) is 2.54. The number of ether oxygens (including phenoxy) is 1. The number of imide groups is 1. The Kier molecular flexibility index (Phi) is 5.11. The summed E-state index contributed by atoms with van der Waals surface area (Å²) in [6.07, 6.45) is 0. The molecule has 1 fully saturated rings. The molecule has 0 N–H and O–H groups in total. The van der Waals surface area contributed by atoms with Gasteiger partial charge in [-0.15, -0.1) is 0 Å². The van der Waals surface area contributed by atoms with Crippen LogP contribution in [-0.4, -0.2) is 62.0 Å². The third kappa shape index (κ3) is 3.51. The zero-order valence-corrected chi connectivity index (χ0v) is 17.0. The van der Waals surface area contributed by atoms with Crippen LogP contribution in [-0.2, 0) is 9.59 Å². The number of amides is 2. The lowest BCUT2D eigenvalue weighted by Crippen LogP contribution is -2.46. The summed E-state index contributed by atoms with van der Waals surface area (Å²) in [5.41, 5.74) is 3.36. The first-order valence-electron chi connectivity index (χ1n) is 9.77. The average Bonchev–Trinajstić information content (AvgIpc) is 3.00. The second-order valence-electron chi connectivity index (χ2n) is 7.52. The molecule has 2 aromatic carbocycles. The minimum atomic E-state index is -0.280. The van der Waals surface area contributed by atoms with Gasteiger partial charge in [0, 0.05) is 26.2 Å². The van der Waals surface area contributed by atoms with Crippen molar-refractivity contribution in [1.82, 2.24) is 9.80 Å². The number of piperazine rings is 1. The molecule has 0 aromatic heterocycles. The summed E-state index contributed by atoms with van der Waals surface area (Å²) in [7, 11) is 3.67. The molecule has 0 atom stereocenters. The van der Waals surface area contributed by atoms with Crippen LogP contribution < -0.4 is 9.64 Å². The lowest BCUT2D eigenvalue weighted by molar-refractivity contribution is -0.120. The van der Waals surface area contributed by atoms with Crippen LogP contribution in [0.2, 0.25) is 0 Å². The summed E-state index contributed by atoms with van der Waals surface area (Å²) in [5.74, 6) is 0.176. The van der Waals surface area contributed by atoms with E-state index in [1.165, 1.54) is 4.90 Å². The maximum Gasteiger partial charge on any atom is 0.282 e. The van der Waals surface area contributed by atoms with Crippen LogP contribution in [0.5, 0.6) is 5.75 Å². The molecule has 0 aliphatic carbocycles. The highest BCUT2D eigenvalue weighted by Crippen LogP contribution is 2.35. The van der Waals surface area contributed by atoms with Crippen LogP contribution in [0.25, 0.3) is 5.57 Å². The fourth-order valence-corrected chi connectivity index (χ4v) is 3.79. The van der Waals surface area contributed by atoms with Crippen molar-refractivity contribution in [2.75, 3.05) is 45.2 Å². The quantitative estimate of drug-likeness (QED) is 0.750. The molecule has 6 heteroatoms. The Morgan fingerprint density at radius 1 is 0.828 bits per heavy atom. The molecule has 0 unspecified atom stereocenters. The van der Waals surface area contributed by atoms with Gasteiger partial charge in [0.2, 0.25) is 0 Å². The van der Waals surface area contributed by atoms with Crippen molar-refractivity contribution < 1.29 is 14.3 Å². The van der Waals surface area contributed by atoms with Crippen molar-refractivity contribution in [1.29, 1.82) is 0 Å². The van der Waals surface area contributed by atoms with Gasteiger partial charge in [0.05, 0.1) is 18.4 Å². The molecule has 0 radical (unpaired) electrons. The third-order valence-electron chi connectivity index (χ3n) is 5.55. The Morgan fingerprint density at radius 3 is 2.03 bits per heavy atom. The molecule has 29 heavy (non-hydrogen) atoms. The monoisotopic (exact) mass is 391 g/mol. The molecule has 2 aromatic rings. The molecule has 2 aliphatic rings. The van der Waals surface area contributed by atoms with Crippen LogP contribution in [0.1, 0.15) is 11.1 Å². The summed E-state index contributed by atoms with van der Waals surface area (Å²) in [6, 6.07) is 14.8. The van der Waals surface area contributed by atoms with E-state index in [9.17, 15) is 9.59 Å². The molecule has 2 amide bonds. The smallest absolute Gasteiger partial charge is 0.282 e. The van der Waals surface area contributed by atoms with Crippen LogP contribution in [0, 0.1) is 6.92 Å². The summed E-state index contributed by atoms with van der Waals surface area (Å²) < 4.78 is 5.24. The molecule has 4 rings (SSSR count). The minimum Gasteiger partial charge on any atom is -0.497 e. The van der Waals surface area contributed by atoms with E-state index in [2.05, 4.69) is 11.9 Å². The van der Waals surface area contributed by atoms with Crippen molar-refractivity contribution in [2.24, 2.45) is 0 Å². The Hall–Kier alpha value is -3.12. The number of hydrogen-bond acceptors (Lipinski definition) is 5. The summed E-state index contributed by atoms with van der Waals surface area (Å²) in [4.78, 5) is 32.5. The second kappa shape index (κ2) is 7.72. The van der Waals surface area contributed by atoms with Crippen LogP contribution in [0.4, 0.5) is 5.69 Å². The number of aryl methyl sites for hydroxylation is 1. The van der Waals surface area contributed by atoms with Gasteiger partial charge in [-0.25, -0.2) is 4.90 Å². The summed E-state index contributed by atoms with van der Waals surface area (Å²) in [6.45, 7) is 5.11. The standard InChI is InChI=1S/C23H25N3O3/c1-16-4-8-18(9-5-16)26-22(27)20(17-6-10-19(29-3)11-7-17)21(23(26)28)25-14-12-24(2)13-15-25/h4-11H,12-15H2,1-3H3. The molecule has 0 spiro atoms. The van der Waals surface area contributed by atoms with Crippen molar-refractivity contribution in [3.8, 4) is 5.75 Å². The second-order valence-corrected chi connectivity index (χ2v) is 7.52. The molecule has 2 aliphatic heterocycles. The number of carbonyl (C=O) groups is 2. The van der Waals surface area contributed by atoms with Crippen LogP contribution >= 0.6 is 0 Å². The Bertz CT molecular complexity index is 956. The Labute approximate surface area is 171 Å². The van der Waals surface area contributed by atoms with Gasteiger partial charge in [-0.05, 0) is 43.8 Å². The highest BCUT2D eigenvalue weighted by Gasteiger charge is 2.42. The molecular formula is C23H25N3O3. The first kappa shape index (κ1) is 19.2. The number of anilines is 1. The topological polar surface area (TPSA) is 53.1 Å². The fraction of sp³-hybridized carbons (Fsp3) is 0.304. The minimum absolute atomic E-state index is 0.255. The van der Waals surface area contributed by atoms with E-state index in [0.717, 1.165) is 24.2 Å². The van der Waals surface area contributed by atoms with E-state index in [0.29, 0.717) is 35.8 Å². The van der Waals surface area contributed by atoms with Gasteiger partial charge < -0.3 is 14.5 Å². The highest BCUT2D eigenvalue weighted by atomic mass is 16.5. The number of rotatable bonds is 4. The molecule has 0 bridgehead atoms. The van der Waals surface area contributed by atoms with Gasteiger partial charge in [-0.2, -0.15) is 0 Å². The molecule has 150 valence electrons. The molecule has 6 nitrogen and oxygen atoms in total. The zero-order chi connectivity index (χ0) is 20.5. The van der Waals surface area contributed by atoms with Crippen LogP contribution in [0.15, 0.2) is 54.2 Å². The number of hydrogen-bond donors (Lipinski definition) is 0. The lowest BCUT2D eigenvalue weighted by Gasteiger charge is -2.34. The van der Waals surface area contributed by atoms with E-state index in [-0.39, 0.29) is 11.8 Å². The summed E-state index contributed by atoms with van der Waals surface area (Å²) in [5, 5.41) is 0. The Morgan fingerprint density at radius 2 is 1.45 bits per heavy atom. The lowest BCUT2D eigenvalue weighted by atomic mass is 10.0. The number of methoxy groups -OCH3 is 1. The van der Waals surface area contributed by atoms with Gasteiger partial charge in [0.25, 0.3) is 11.8 Å². The molecular weight excluding hydrogens is 366 g/mol. The van der Waals surface area contributed by atoms with E-state index >= 15 is 0 Å². The third-order valence-corrected chi connectivity index (χ3v) is 5.55. The van der Waals surface area contributed by atoms with Gasteiger partial charge in [0.1, 0.15) is 11.4 Å². The van der Waals surface area contributed by atoms with Crippen molar-refractivity contribution >= 4 is 23.1 Å². The van der Waals surface area contributed by atoms with E-state index in [4.69, 9.17) is 4.74 Å². The van der Waals surface area contributed by atoms with E-state index in [1.807, 2.05) is 60.4 Å². The normalized spacial score (nSPS) is 18.0. The van der Waals surface area contributed by atoms with Crippen molar-refractivity contribution in [3.63, 3.8) is 0 Å². The maximum atomic E-state index is 13.5. The van der Waals surface area contributed by atoms with E-state index in [1.54, 1.807) is 7.11 Å². The van der Waals surface area contributed by atoms with Gasteiger partial charge in [0.15, 0.2) is 0 Å². The molecule has 0 saturated carbocycles. The number of carbonyl (C=O) groups excluding carboxylic acids is 2. The first-order chi connectivity index (χ1) is 14.0. The fourth-order valence-electron chi connectivity index (χ4n) is 3.79. The maximum absolute atomic E-state index is 13.5. The molecule has 2 heterocycles. The first-order valence-corrected chi connectivity index (χ1v) is 9.77. The van der Waals surface area contributed by atoms with Gasteiger partial charge >= 0.3 is 0 Å². The summed E-state index contributed by atoms with van der Waals surface area (Å²) >= 11 is 0. The zero-order valence-electron chi connectivity index (χ0n) is 17.0. The van der Waals surface area contributed by atoms with E-state index < -0.39 is 0 Å². The number of nitrogens with zero attached hydrogens (tertiary/aromatic N) is 3. The number of likely N-dealkylation sites (N-methyl/N-ethyl adjacent to an activating group) is 1. The van der Waals surface area contributed by atoms with Crippen molar-refractivity contribution in [2.45, 2.75) is 6.92 Å². The molecule has 1 saturated heterocycles. The van der Waals surface area contributed by atoms with Gasteiger partial charge in [-0.3, -0.25) is 9.59 Å². The SMILES string of the molecule is COc1ccc(C2=C(N3CCN(C)CC3)C(=O)N(c3ccc(C)cc3)C2=O)cc1. The average molecular weight is 391 g/mol. The van der Waals surface area contributed by atoms with Gasteiger partial charge in [-0.1, -0.05) is 29.8 Å². The Balaban J connectivity index is 1.78. The predicted molar refractivity (Wildman–Crippen MR) is 113 cm³/mol. The highest BCUT2D eigenvalue weighted by molar-refractivity contribution is 6.45. The van der Waals surface area contributed by atoms with Crippen LogP contribution in [0.3, 0.4) is 0 Å². The largest absolute Gasteiger partial charge is 0.497 e.